The highest BCUT2D eigenvalue weighted by atomic mass is 32.2. The molecule has 1 aromatic rings. The van der Waals surface area contributed by atoms with Crippen LogP contribution in [0.25, 0.3) is 0 Å². The molecule has 0 unspecified atom stereocenters. The van der Waals surface area contributed by atoms with Crippen molar-refractivity contribution in [1.29, 1.82) is 0 Å². The SMILES string of the molecule is CCSC(C)=S.c1ccccc1. The Morgan fingerprint density at radius 3 is 1.50 bits per heavy atom. The zero-order valence-corrected chi connectivity index (χ0v) is 9.12. The molecule has 0 bridgehead atoms. The standard InChI is InChI=1S/C6H6.C4H8S2/c1-2-4-6-5-3-1;1-3-6-4(2)5/h1-6H;3H2,1-2H3. The van der Waals surface area contributed by atoms with Crippen molar-refractivity contribution in [3.8, 4) is 0 Å². The molecule has 0 heterocycles. The van der Waals surface area contributed by atoms with E-state index in [1.54, 1.807) is 11.8 Å². The van der Waals surface area contributed by atoms with Crippen LogP contribution in [0, 0.1) is 0 Å². The zero-order chi connectivity index (χ0) is 9.23. The lowest BCUT2D eigenvalue weighted by Crippen LogP contribution is -1.74. The van der Waals surface area contributed by atoms with Crippen molar-refractivity contribution in [2.24, 2.45) is 0 Å². The van der Waals surface area contributed by atoms with Crippen LogP contribution in [0.4, 0.5) is 0 Å². The van der Waals surface area contributed by atoms with Crippen molar-refractivity contribution in [2.75, 3.05) is 5.75 Å². The molecule has 0 spiro atoms. The average molecular weight is 198 g/mol. The minimum atomic E-state index is 1.04. The van der Waals surface area contributed by atoms with Crippen LogP contribution in [0.3, 0.4) is 0 Å². The van der Waals surface area contributed by atoms with Gasteiger partial charge in [-0.05, 0) is 12.7 Å². The maximum atomic E-state index is 4.76. The van der Waals surface area contributed by atoms with Crippen molar-refractivity contribution in [3.05, 3.63) is 36.4 Å². The molecule has 12 heavy (non-hydrogen) atoms. The number of thiocarbonyl (C=S) groups is 1. The molecule has 0 aromatic heterocycles. The summed E-state index contributed by atoms with van der Waals surface area (Å²) in [6, 6.07) is 12.0. The van der Waals surface area contributed by atoms with E-state index in [9.17, 15) is 0 Å². The molecule has 2 heteroatoms. The van der Waals surface area contributed by atoms with E-state index in [1.165, 1.54) is 0 Å². The second-order valence-corrected chi connectivity index (χ2v) is 4.43. The lowest BCUT2D eigenvalue weighted by molar-refractivity contribution is 1.54. The van der Waals surface area contributed by atoms with Gasteiger partial charge in [0.2, 0.25) is 0 Å². The Morgan fingerprint density at radius 1 is 1.08 bits per heavy atom. The van der Waals surface area contributed by atoms with E-state index in [1.807, 2.05) is 43.3 Å². The average Bonchev–Trinajstić information content (AvgIpc) is 2.08. The van der Waals surface area contributed by atoms with Crippen LogP contribution in [0.2, 0.25) is 0 Å². The third kappa shape index (κ3) is 9.66. The smallest absolute Gasteiger partial charge is 0.0447 e. The first-order chi connectivity index (χ1) is 5.77. The van der Waals surface area contributed by atoms with Crippen LogP contribution in [-0.2, 0) is 0 Å². The van der Waals surface area contributed by atoms with Gasteiger partial charge in [0, 0.05) is 4.20 Å². The van der Waals surface area contributed by atoms with Crippen molar-refractivity contribution in [2.45, 2.75) is 13.8 Å². The lowest BCUT2D eigenvalue weighted by atomic mass is 10.4. The third-order valence-electron chi connectivity index (χ3n) is 1.01. The summed E-state index contributed by atoms with van der Waals surface area (Å²) in [6.07, 6.45) is 0. The van der Waals surface area contributed by atoms with Crippen LogP contribution in [0.5, 0.6) is 0 Å². The minimum Gasteiger partial charge on any atom is -0.120 e. The number of thioether (sulfide) groups is 1. The Hall–Kier alpha value is -0.340. The Morgan fingerprint density at radius 2 is 1.42 bits per heavy atom. The molecule has 1 aromatic carbocycles. The highest BCUT2D eigenvalue weighted by molar-refractivity contribution is 8.23. The van der Waals surface area contributed by atoms with Gasteiger partial charge in [-0.3, -0.25) is 0 Å². The second-order valence-electron chi connectivity index (χ2n) is 2.08. The molecule has 0 nitrogen and oxygen atoms in total. The van der Waals surface area contributed by atoms with Gasteiger partial charge >= 0.3 is 0 Å². The van der Waals surface area contributed by atoms with Gasteiger partial charge in [0.15, 0.2) is 0 Å². The number of hydrogen-bond acceptors (Lipinski definition) is 2. The van der Waals surface area contributed by atoms with Gasteiger partial charge in [-0.2, -0.15) is 0 Å². The van der Waals surface area contributed by atoms with Crippen molar-refractivity contribution in [3.63, 3.8) is 0 Å². The Kier molecular flexibility index (Phi) is 8.51. The van der Waals surface area contributed by atoms with Gasteiger partial charge in [0.25, 0.3) is 0 Å². The van der Waals surface area contributed by atoms with Crippen LogP contribution in [0.1, 0.15) is 13.8 Å². The molecule has 0 aliphatic carbocycles. The number of hydrogen-bond donors (Lipinski definition) is 0. The molecule has 0 fully saturated rings. The summed E-state index contributed by atoms with van der Waals surface area (Å²) in [5.74, 6) is 1.11. The maximum absolute atomic E-state index is 4.76. The number of benzene rings is 1. The molecule has 0 saturated heterocycles. The van der Waals surface area contributed by atoms with Gasteiger partial charge < -0.3 is 0 Å². The summed E-state index contributed by atoms with van der Waals surface area (Å²) in [7, 11) is 0. The predicted octanol–water partition coefficient (Wildman–Crippen LogP) is 3.77. The van der Waals surface area contributed by atoms with E-state index >= 15 is 0 Å². The number of rotatable bonds is 1. The largest absolute Gasteiger partial charge is 0.120 e. The Balaban J connectivity index is 0.000000202. The summed E-state index contributed by atoms with van der Waals surface area (Å²) >= 11 is 6.48. The van der Waals surface area contributed by atoms with E-state index in [2.05, 4.69) is 6.92 Å². The van der Waals surface area contributed by atoms with Gasteiger partial charge in [-0.25, -0.2) is 0 Å². The first-order valence-corrected chi connectivity index (χ1v) is 5.30. The predicted molar refractivity (Wildman–Crippen MR) is 62.8 cm³/mol. The first-order valence-electron chi connectivity index (χ1n) is 3.90. The molecular formula is C10H14S2. The Bertz CT molecular complexity index is 168. The summed E-state index contributed by atoms with van der Waals surface area (Å²) in [5.41, 5.74) is 0. The highest BCUT2D eigenvalue weighted by Gasteiger charge is 1.78. The fourth-order valence-electron chi connectivity index (χ4n) is 0.588. The van der Waals surface area contributed by atoms with Crippen molar-refractivity contribution >= 4 is 28.2 Å². The molecule has 0 N–H and O–H groups in total. The molecular weight excluding hydrogens is 184 g/mol. The maximum Gasteiger partial charge on any atom is 0.0447 e. The van der Waals surface area contributed by atoms with Gasteiger partial charge in [-0.15, -0.1) is 11.8 Å². The molecule has 0 aliphatic heterocycles. The molecule has 0 amide bonds. The molecule has 0 saturated carbocycles. The second kappa shape index (κ2) is 8.75. The normalized spacial score (nSPS) is 8.17. The first kappa shape index (κ1) is 11.7. The summed E-state index contributed by atoms with van der Waals surface area (Å²) < 4.78 is 1.04. The quantitative estimate of drug-likeness (QED) is 0.630. The highest BCUT2D eigenvalue weighted by Crippen LogP contribution is 1.99. The van der Waals surface area contributed by atoms with Crippen molar-refractivity contribution < 1.29 is 0 Å². The third-order valence-corrected chi connectivity index (χ3v) is 2.06. The van der Waals surface area contributed by atoms with E-state index in [4.69, 9.17) is 12.2 Å². The summed E-state index contributed by atoms with van der Waals surface area (Å²) in [6.45, 7) is 4.05. The van der Waals surface area contributed by atoms with Crippen LogP contribution in [-0.4, -0.2) is 9.95 Å². The Labute approximate surface area is 84.4 Å². The summed E-state index contributed by atoms with van der Waals surface area (Å²) in [5, 5.41) is 0. The topological polar surface area (TPSA) is 0 Å². The van der Waals surface area contributed by atoms with Crippen molar-refractivity contribution in [1.82, 2.24) is 0 Å². The molecule has 0 atom stereocenters. The molecule has 1 rings (SSSR count). The fraction of sp³-hybridized carbons (Fsp3) is 0.300. The summed E-state index contributed by atoms with van der Waals surface area (Å²) in [4.78, 5) is 0. The molecule has 0 aliphatic rings. The molecule has 66 valence electrons. The van der Waals surface area contributed by atoms with E-state index in [-0.39, 0.29) is 0 Å². The van der Waals surface area contributed by atoms with Crippen LogP contribution >= 0.6 is 24.0 Å². The monoisotopic (exact) mass is 198 g/mol. The van der Waals surface area contributed by atoms with E-state index in [0.29, 0.717) is 0 Å². The van der Waals surface area contributed by atoms with Crippen LogP contribution in [0.15, 0.2) is 36.4 Å². The minimum absolute atomic E-state index is 1.04. The fourth-order valence-corrected chi connectivity index (χ4v) is 1.35. The zero-order valence-electron chi connectivity index (χ0n) is 7.49. The van der Waals surface area contributed by atoms with Crippen LogP contribution < -0.4 is 0 Å². The molecule has 0 radical (unpaired) electrons. The lowest BCUT2D eigenvalue weighted by Gasteiger charge is -1.84. The van der Waals surface area contributed by atoms with E-state index < -0.39 is 0 Å². The van der Waals surface area contributed by atoms with Gasteiger partial charge in [0.05, 0.1) is 0 Å². The van der Waals surface area contributed by atoms with E-state index in [0.717, 1.165) is 9.95 Å². The van der Waals surface area contributed by atoms with Gasteiger partial charge in [-0.1, -0.05) is 55.5 Å². The van der Waals surface area contributed by atoms with Gasteiger partial charge in [0.1, 0.15) is 0 Å².